The average Bonchev–Trinajstić information content (AvgIpc) is 2.75. The van der Waals surface area contributed by atoms with Gasteiger partial charge < -0.3 is 19.5 Å². The Kier molecular flexibility index (Phi) is 9.83. The topological polar surface area (TPSA) is 98.2 Å². The number of nitrogens with one attached hydrogen (secondary N) is 2. The molecule has 31 heavy (non-hydrogen) atoms. The Morgan fingerprint density at radius 1 is 0.968 bits per heavy atom. The number of benzene rings is 2. The van der Waals surface area contributed by atoms with Crippen LogP contribution in [0.15, 0.2) is 46.0 Å². The minimum absolute atomic E-state index is 0.238. The first-order chi connectivity index (χ1) is 15.0. The van der Waals surface area contributed by atoms with Crippen molar-refractivity contribution in [2.24, 2.45) is 5.10 Å². The van der Waals surface area contributed by atoms with Crippen molar-refractivity contribution in [2.45, 2.75) is 20.8 Å². The number of halogens is 1. The van der Waals surface area contributed by atoms with Crippen LogP contribution in [-0.2, 0) is 4.79 Å². The zero-order chi connectivity index (χ0) is 22.6. The van der Waals surface area contributed by atoms with E-state index in [4.69, 9.17) is 14.2 Å². The first kappa shape index (κ1) is 24.2. The van der Waals surface area contributed by atoms with Gasteiger partial charge in [-0.15, -0.1) is 0 Å². The van der Waals surface area contributed by atoms with Crippen molar-refractivity contribution in [3.05, 3.63) is 52.0 Å². The maximum atomic E-state index is 12.6. The zero-order valence-electron chi connectivity index (χ0n) is 17.7. The molecule has 0 saturated heterocycles. The summed E-state index contributed by atoms with van der Waals surface area (Å²) >= 11 is 3.35. The van der Waals surface area contributed by atoms with Gasteiger partial charge in [0, 0.05) is 10.0 Å². The third kappa shape index (κ3) is 7.60. The van der Waals surface area contributed by atoms with Crippen LogP contribution in [0, 0.1) is 0 Å². The van der Waals surface area contributed by atoms with E-state index < -0.39 is 11.8 Å². The van der Waals surface area contributed by atoms with Crippen LogP contribution in [0.4, 0.5) is 0 Å². The molecule has 0 aliphatic heterocycles. The summed E-state index contributed by atoms with van der Waals surface area (Å²) in [6.07, 6.45) is 1.52. The molecule has 0 heterocycles. The number of ether oxygens (including phenoxy) is 3. The molecule has 0 saturated carbocycles. The van der Waals surface area contributed by atoms with Crippen LogP contribution in [0.1, 0.15) is 36.7 Å². The van der Waals surface area contributed by atoms with Crippen molar-refractivity contribution in [2.75, 3.05) is 26.4 Å². The predicted octanol–water partition coefficient (Wildman–Crippen LogP) is 3.53. The van der Waals surface area contributed by atoms with E-state index in [2.05, 4.69) is 31.8 Å². The van der Waals surface area contributed by atoms with Crippen LogP contribution in [0.5, 0.6) is 17.2 Å². The second-order valence-electron chi connectivity index (χ2n) is 6.13. The minimum Gasteiger partial charge on any atom is -0.490 e. The Morgan fingerprint density at radius 2 is 1.55 bits per heavy atom. The van der Waals surface area contributed by atoms with Crippen LogP contribution >= 0.6 is 15.9 Å². The molecule has 0 bridgehead atoms. The number of amides is 2. The number of hydrogen-bond acceptors (Lipinski definition) is 6. The summed E-state index contributed by atoms with van der Waals surface area (Å²) in [5.41, 5.74) is 3.50. The van der Waals surface area contributed by atoms with E-state index in [0.717, 1.165) is 10.0 Å². The molecular weight excluding hydrogens is 466 g/mol. The zero-order valence-corrected chi connectivity index (χ0v) is 19.3. The highest BCUT2D eigenvalue weighted by molar-refractivity contribution is 9.10. The van der Waals surface area contributed by atoms with E-state index in [1.54, 1.807) is 12.1 Å². The molecule has 0 spiro atoms. The molecule has 2 rings (SSSR count). The molecule has 0 fully saturated rings. The summed E-state index contributed by atoms with van der Waals surface area (Å²) in [6, 6.07) is 10.6. The van der Waals surface area contributed by atoms with Crippen molar-refractivity contribution >= 4 is 34.0 Å². The molecule has 0 radical (unpaired) electrons. The molecule has 2 N–H and O–H groups in total. The van der Waals surface area contributed by atoms with E-state index in [0.29, 0.717) is 42.6 Å². The Bertz CT molecular complexity index is 889. The number of hydrazone groups is 1. The highest BCUT2D eigenvalue weighted by Crippen LogP contribution is 2.39. The van der Waals surface area contributed by atoms with E-state index in [1.165, 1.54) is 6.21 Å². The molecule has 0 aliphatic rings. The fourth-order valence-electron chi connectivity index (χ4n) is 2.55. The third-order valence-corrected chi connectivity index (χ3v) is 4.38. The molecule has 166 valence electrons. The summed E-state index contributed by atoms with van der Waals surface area (Å²) in [7, 11) is 0. The normalized spacial score (nSPS) is 10.6. The maximum absolute atomic E-state index is 12.6. The first-order valence-electron chi connectivity index (χ1n) is 9.90. The number of nitrogens with zero attached hydrogens (tertiary/aromatic N) is 1. The van der Waals surface area contributed by atoms with Crippen molar-refractivity contribution in [3.8, 4) is 17.2 Å². The monoisotopic (exact) mass is 491 g/mol. The summed E-state index contributed by atoms with van der Waals surface area (Å²) in [6.45, 7) is 6.50. The van der Waals surface area contributed by atoms with Gasteiger partial charge in [0.15, 0.2) is 11.5 Å². The molecule has 0 atom stereocenters. The standard InChI is InChI=1S/C22H26BrN3O5/c1-4-29-18-11-16(12-19(30-5-2)21(18)31-6-3)22(28)24-14-20(27)26-25-13-15-7-9-17(23)10-8-15/h7-13H,4-6,14H2,1-3H3,(H,24,28)(H,26,27)/b25-13+. The minimum atomic E-state index is -0.456. The molecule has 9 heteroatoms. The molecule has 0 aliphatic carbocycles. The molecule has 2 amide bonds. The van der Waals surface area contributed by atoms with E-state index in [-0.39, 0.29) is 6.54 Å². The molecule has 2 aromatic carbocycles. The first-order valence-corrected chi connectivity index (χ1v) is 10.7. The van der Waals surface area contributed by atoms with Gasteiger partial charge in [-0.05, 0) is 50.6 Å². The van der Waals surface area contributed by atoms with E-state index in [9.17, 15) is 9.59 Å². The Balaban J connectivity index is 2.01. The predicted molar refractivity (Wildman–Crippen MR) is 122 cm³/mol. The Morgan fingerprint density at radius 3 is 2.10 bits per heavy atom. The van der Waals surface area contributed by atoms with Gasteiger partial charge in [-0.1, -0.05) is 28.1 Å². The third-order valence-electron chi connectivity index (χ3n) is 3.85. The van der Waals surface area contributed by atoms with E-state index >= 15 is 0 Å². The van der Waals surface area contributed by atoms with Crippen LogP contribution in [0.3, 0.4) is 0 Å². The Hall–Kier alpha value is -3.07. The highest BCUT2D eigenvalue weighted by atomic mass is 79.9. The smallest absolute Gasteiger partial charge is 0.259 e. The lowest BCUT2D eigenvalue weighted by Crippen LogP contribution is -2.35. The number of rotatable bonds is 11. The highest BCUT2D eigenvalue weighted by Gasteiger charge is 2.18. The fourth-order valence-corrected chi connectivity index (χ4v) is 2.81. The second-order valence-corrected chi connectivity index (χ2v) is 7.04. The van der Waals surface area contributed by atoms with Crippen molar-refractivity contribution in [1.82, 2.24) is 10.7 Å². The number of carbonyl (C=O) groups is 2. The van der Waals surface area contributed by atoms with Crippen LogP contribution in [0.2, 0.25) is 0 Å². The van der Waals surface area contributed by atoms with E-state index in [1.807, 2.05) is 45.0 Å². The number of carbonyl (C=O) groups excluding carboxylic acids is 2. The van der Waals surface area contributed by atoms with Crippen molar-refractivity contribution in [3.63, 3.8) is 0 Å². The van der Waals surface area contributed by atoms with Gasteiger partial charge in [0.25, 0.3) is 11.8 Å². The lowest BCUT2D eigenvalue weighted by molar-refractivity contribution is -0.120. The van der Waals surface area contributed by atoms with Gasteiger partial charge in [0.1, 0.15) is 0 Å². The molecule has 0 aromatic heterocycles. The van der Waals surface area contributed by atoms with Crippen molar-refractivity contribution in [1.29, 1.82) is 0 Å². The van der Waals surface area contributed by atoms with Gasteiger partial charge in [0.05, 0.1) is 32.6 Å². The molecule has 0 unspecified atom stereocenters. The van der Waals surface area contributed by atoms with Crippen molar-refractivity contribution < 1.29 is 23.8 Å². The van der Waals surface area contributed by atoms with Gasteiger partial charge in [0.2, 0.25) is 5.75 Å². The SMILES string of the molecule is CCOc1cc(C(=O)NCC(=O)N/N=C/c2ccc(Br)cc2)cc(OCC)c1OCC. The largest absolute Gasteiger partial charge is 0.490 e. The van der Waals surface area contributed by atoms with Gasteiger partial charge in [-0.2, -0.15) is 5.10 Å². The van der Waals surface area contributed by atoms with Gasteiger partial charge >= 0.3 is 0 Å². The molecule has 2 aromatic rings. The Labute approximate surface area is 190 Å². The lowest BCUT2D eigenvalue weighted by atomic mass is 10.1. The second kappa shape index (κ2) is 12.6. The lowest BCUT2D eigenvalue weighted by Gasteiger charge is -2.17. The number of hydrogen-bond donors (Lipinski definition) is 2. The van der Waals surface area contributed by atoms with Gasteiger partial charge in [-0.3, -0.25) is 9.59 Å². The summed E-state index contributed by atoms with van der Waals surface area (Å²) in [5.74, 6) is 0.357. The fraction of sp³-hybridized carbons (Fsp3) is 0.318. The molecular formula is C22H26BrN3O5. The summed E-state index contributed by atoms with van der Waals surface area (Å²) < 4.78 is 17.8. The quantitative estimate of drug-likeness (QED) is 0.370. The van der Waals surface area contributed by atoms with Gasteiger partial charge in [-0.25, -0.2) is 5.43 Å². The maximum Gasteiger partial charge on any atom is 0.259 e. The summed E-state index contributed by atoms with van der Waals surface area (Å²) in [5, 5.41) is 6.45. The van der Waals surface area contributed by atoms with Crippen LogP contribution in [-0.4, -0.2) is 44.4 Å². The van der Waals surface area contributed by atoms with Crippen LogP contribution < -0.4 is 25.0 Å². The van der Waals surface area contributed by atoms with Crippen LogP contribution in [0.25, 0.3) is 0 Å². The average molecular weight is 492 g/mol. The molecule has 8 nitrogen and oxygen atoms in total. The summed E-state index contributed by atoms with van der Waals surface area (Å²) in [4.78, 5) is 24.6.